The Hall–Kier alpha value is -2.68. The average molecular weight is 316 g/mol. The van der Waals surface area contributed by atoms with Crippen LogP contribution in [0.5, 0.6) is 0 Å². The van der Waals surface area contributed by atoms with Crippen LogP contribution in [0.3, 0.4) is 0 Å². The van der Waals surface area contributed by atoms with Gasteiger partial charge in [0.25, 0.3) is 5.91 Å². The van der Waals surface area contributed by atoms with E-state index in [0.717, 1.165) is 53.5 Å². The van der Waals surface area contributed by atoms with E-state index in [9.17, 15) is 4.79 Å². The first-order valence-corrected chi connectivity index (χ1v) is 8.56. The number of likely N-dealkylation sites (tertiary alicyclic amines) is 1. The van der Waals surface area contributed by atoms with Crippen molar-refractivity contribution in [1.29, 1.82) is 0 Å². The second-order valence-corrected chi connectivity index (χ2v) is 6.31. The summed E-state index contributed by atoms with van der Waals surface area (Å²) in [5.74, 6) is 0.154. The number of pyridine rings is 1. The fraction of sp³-hybridized carbons (Fsp3) is 0.238. The normalized spacial score (nSPS) is 14.8. The van der Waals surface area contributed by atoms with Crippen LogP contribution in [-0.2, 0) is 0 Å². The molecule has 3 aromatic rings. The molecule has 0 unspecified atom stereocenters. The molecule has 0 atom stereocenters. The minimum atomic E-state index is 0.154. The first-order valence-electron chi connectivity index (χ1n) is 8.56. The van der Waals surface area contributed by atoms with Crippen molar-refractivity contribution in [2.75, 3.05) is 13.1 Å². The Labute approximate surface area is 141 Å². The molecular weight excluding hydrogens is 296 g/mol. The molecular formula is C21H20N2O. The van der Waals surface area contributed by atoms with Crippen molar-refractivity contribution in [2.45, 2.75) is 19.3 Å². The van der Waals surface area contributed by atoms with Gasteiger partial charge in [-0.1, -0.05) is 30.3 Å². The molecule has 3 heteroatoms. The van der Waals surface area contributed by atoms with Crippen molar-refractivity contribution in [3.8, 4) is 11.1 Å². The van der Waals surface area contributed by atoms with Gasteiger partial charge in [0, 0.05) is 30.2 Å². The van der Waals surface area contributed by atoms with Crippen molar-refractivity contribution in [1.82, 2.24) is 9.88 Å². The van der Waals surface area contributed by atoms with E-state index >= 15 is 0 Å². The van der Waals surface area contributed by atoms with E-state index in [2.05, 4.69) is 17.1 Å². The highest BCUT2D eigenvalue weighted by molar-refractivity contribution is 5.97. The summed E-state index contributed by atoms with van der Waals surface area (Å²) in [5, 5.41) is 1.13. The third-order valence-electron chi connectivity index (χ3n) is 4.73. The lowest BCUT2D eigenvalue weighted by Crippen LogP contribution is -2.35. The van der Waals surface area contributed by atoms with Gasteiger partial charge < -0.3 is 4.90 Å². The van der Waals surface area contributed by atoms with Crippen LogP contribution in [-0.4, -0.2) is 28.9 Å². The maximum Gasteiger partial charge on any atom is 0.253 e. The SMILES string of the molecule is O=C(c1ccc(-c2cccc3ncccc23)cc1)N1CCCCC1. The second-order valence-electron chi connectivity index (χ2n) is 6.31. The third kappa shape index (κ3) is 2.78. The predicted molar refractivity (Wildman–Crippen MR) is 96.9 cm³/mol. The van der Waals surface area contributed by atoms with E-state index < -0.39 is 0 Å². The zero-order valence-corrected chi connectivity index (χ0v) is 13.6. The summed E-state index contributed by atoms with van der Waals surface area (Å²) in [7, 11) is 0. The van der Waals surface area contributed by atoms with E-state index in [0.29, 0.717) is 0 Å². The summed E-state index contributed by atoms with van der Waals surface area (Å²) in [6.45, 7) is 1.77. The molecule has 0 bridgehead atoms. The zero-order chi connectivity index (χ0) is 16.4. The van der Waals surface area contributed by atoms with Crippen LogP contribution in [0.25, 0.3) is 22.0 Å². The van der Waals surface area contributed by atoms with Crippen LogP contribution in [0.1, 0.15) is 29.6 Å². The zero-order valence-electron chi connectivity index (χ0n) is 13.6. The highest BCUT2D eigenvalue weighted by atomic mass is 16.2. The standard InChI is InChI=1S/C21H20N2O/c24-21(23-14-2-1-3-15-23)17-11-9-16(10-12-17)18-6-4-8-20-19(18)7-5-13-22-20/h4-13H,1-3,14-15H2. The molecule has 0 spiro atoms. The highest BCUT2D eigenvalue weighted by Gasteiger charge is 2.18. The minimum Gasteiger partial charge on any atom is -0.339 e. The number of benzene rings is 2. The maximum absolute atomic E-state index is 12.6. The van der Waals surface area contributed by atoms with Crippen LogP contribution in [0, 0.1) is 0 Å². The largest absolute Gasteiger partial charge is 0.339 e. The molecule has 1 aliphatic heterocycles. The van der Waals surface area contributed by atoms with Gasteiger partial charge in [-0.15, -0.1) is 0 Å². The molecule has 0 N–H and O–H groups in total. The summed E-state index contributed by atoms with van der Waals surface area (Å²) in [6, 6.07) is 18.2. The fourth-order valence-electron chi connectivity index (χ4n) is 3.43. The van der Waals surface area contributed by atoms with Gasteiger partial charge in [0.15, 0.2) is 0 Å². The van der Waals surface area contributed by atoms with E-state index in [1.54, 1.807) is 0 Å². The molecule has 1 saturated heterocycles. The van der Waals surface area contributed by atoms with Crippen LogP contribution < -0.4 is 0 Å². The molecule has 2 heterocycles. The van der Waals surface area contributed by atoms with Gasteiger partial charge in [0.2, 0.25) is 0 Å². The number of aromatic nitrogens is 1. The predicted octanol–water partition coefficient (Wildman–Crippen LogP) is 4.53. The molecule has 0 aliphatic carbocycles. The maximum atomic E-state index is 12.6. The second kappa shape index (κ2) is 6.44. The molecule has 1 aliphatic rings. The lowest BCUT2D eigenvalue weighted by Gasteiger charge is -2.26. The van der Waals surface area contributed by atoms with Crippen LogP contribution in [0.4, 0.5) is 0 Å². The number of fused-ring (bicyclic) bond motifs is 1. The Morgan fingerprint density at radius 1 is 0.875 bits per heavy atom. The van der Waals surface area contributed by atoms with E-state index in [1.165, 1.54) is 6.42 Å². The van der Waals surface area contributed by atoms with Crippen molar-refractivity contribution in [3.05, 3.63) is 66.4 Å². The highest BCUT2D eigenvalue weighted by Crippen LogP contribution is 2.28. The monoisotopic (exact) mass is 316 g/mol. The number of hydrogen-bond donors (Lipinski definition) is 0. The Balaban J connectivity index is 1.64. The Morgan fingerprint density at radius 3 is 2.46 bits per heavy atom. The van der Waals surface area contributed by atoms with Gasteiger partial charge in [0.1, 0.15) is 0 Å². The van der Waals surface area contributed by atoms with Crippen molar-refractivity contribution in [3.63, 3.8) is 0 Å². The minimum absolute atomic E-state index is 0.154. The molecule has 1 fully saturated rings. The number of amides is 1. The quantitative estimate of drug-likeness (QED) is 0.696. The first-order chi connectivity index (χ1) is 11.8. The van der Waals surface area contributed by atoms with Gasteiger partial charge in [0.05, 0.1) is 5.52 Å². The molecule has 120 valence electrons. The smallest absolute Gasteiger partial charge is 0.253 e. The molecule has 1 amide bonds. The number of piperidine rings is 1. The number of nitrogens with zero attached hydrogens (tertiary/aromatic N) is 2. The fourth-order valence-corrected chi connectivity index (χ4v) is 3.43. The number of carbonyl (C=O) groups excluding carboxylic acids is 1. The van der Waals surface area contributed by atoms with Gasteiger partial charge in [-0.2, -0.15) is 0 Å². The molecule has 3 nitrogen and oxygen atoms in total. The van der Waals surface area contributed by atoms with Gasteiger partial charge in [-0.05, 0) is 54.7 Å². The first kappa shape index (κ1) is 14.9. The lowest BCUT2D eigenvalue weighted by atomic mass is 9.99. The van der Waals surface area contributed by atoms with E-state index in [-0.39, 0.29) is 5.91 Å². The summed E-state index contributed by atoms with van der Waals surface area (Å²) in [5.41, 5.74) is 4.03. The summed E-state index contributed by atoms with van der Waals surface area (Å²) >= 11 is 0. The van der Waals surface area contributed by atoms with Crippen molar-refractivity contribution in [2.24, 2.45) is 0 Å². The molecule has 4 rings (SSSR count). The van der Waals surface area contributed by atoms with E-state index in [4.69, 9.17) is 0 Å². The molecule has 0 radical (unpaired) electrons. The van der Waals surface area contributed by atoms with Crippen LogP contribution >= 0.6 is 0 Å². The van der Waals surface area contributed by atoms with Crippen LogP contribution in [0.15, 0.2) is 60.8 Å². The molecule has 24 heavy (non-hydrogen) atoms. The summed E-state index contributed by atoms with van der Waals surface area (Å²) < 4.78 is 0. The Kier molecular flexibility index (Phi) is 3.99. The summed E-state index contributed by atoms with van der Waals surface area (Å²) in [4.78, 5) is 19.0. The van der Waals surface area contributed by atoms with Crippen molar-refractivity contribution >= 4 is 16.8 Å². The van der Waals surface area contributed by atoms with Gasteiger partial charge >= 0.3 is 0 Å². The molecule has 2 aromatic carbocycles. The third-order valence-corrected chi connectivity index (χ3v) is 4.73. The van der Waals surface area contributed by atoms with E-state index in [1.807, 2.05) is 53.6 Å². The number of carbonyl (C=O) groups is 1. The topological polar surface area (TPSA) is 33.2 Å². The average Bonchev–Trinajstić information content (AvgIpc) is 2.68. The number of rotatable bonds is 2. The molecule has 1 aromatic heterocycles. The Bertz CT molecular complexity index is 859. The Morgan fingerprint density at radius 2 is 1.67 bits per heavy atom. The number of hydrogen-bond acceptors (Lipinski definition) is 2. The van der Waals surface area contributed by atoms with Crippen LogP contribution in [0.2, 0.25) is 0 Å². The summed E-state index contributed by atoms with van der Waals surface area (Å²) in [6.07, 6.45) is 5.28. The lowest BCUT2D eigenvalue weighted by molar-refractivity contribution is 0.0724. The van der Waals surface area contributed by atoms with Gasteiger partial charge in [-0.25, -0.2) is 0 Å². The van der Waals surface area contributed by atoms with Crippen molar-refractivity contribution < 1.29 is 4.79 Å². The molecule has 0 saturated carbocycles. The van der Waals surface area contributed by atoms with Gasteiger partial charge in [-0.3, -0.25) is 9.78 Å².